The average Bonchev–Trinajstić information content (AvgIpc) is 2.84. The van der Waals surface area contributed by atoms with E-state index in [0.717, 1.165) is 36.8 Å². The molecule has 0 aliphatic heterocycles. The van der Waals surface area contributed by atoms with Crippen LogP contribution >= 0.6 is 0 Å². The minimum atomic E-state index is -0.370. The Labute approximate surface area is 197 Å². The number of methoxy groups -OCH3 is 3. The molecule has 0 bridgehead atoms. The van der Waals surface area contributed by atoms with Gasteiger partial charge < -0.3 is 28.8 Å². The van der Waals surface area contributed by atoms with Crippen molar-refractivity contribution < 1.29 is 28.8 Å². The second-order valence-corrected chi connectivity index (χ2v) is 8.39. The monoisotopic (exact) mass is 456 g/mol. The third-order valence-corrected chi connectivity index (χ3v) is 6.05. The molecule has 2 unspecified atom stereocenters. The molecule has 1 aliphatic rings. The Bertz CT molecular complexity index is 894. The summed E-state index contributed by atoms with van der Waals surface area (Å²) >= 11 is 0. The van der Waals surface area contributed by atoms with Crippen LogP contribution in [0.5, 0.6) is 28.7 Å². The fraction of sp³-hybridized carbons (Fsp3) is 0.481. The van der Waals surface area contributed by atoms with E-state index in [9.17, 15) is 5.11 Å². The summed E-state index contributed by atoms with van der Waals surface area (Å²) in [6, 6.07) is 9.17. The third kappa shape index (κ3) is 6.14. The number of rotatable bonds is 11. The standard InChI is InChI=1S/C27H36O6/c1-6-10-19-15-24(30-4)27(25(16-19)31-5)32-18(2)26(33-21-11-8-7-9-12-21)20-13-14-22(28)23(17-20)29-3/h6,13-18,21,26,28H,1,7-12H2,2-5H3. The van der Waals surface area contributed by atoms with Crippen LogP contribution in [0.25, 0.3) is 0 Å². The highest BCUT2D eigenvalue weighted by molar-refractivity contribution is 5.54. The van der Waals surface area contributed by atoms with Crippen LogP contribution in [0.15, 0.2) is 43.0 Å². The van der Waals surface area contributed by atoms with Gasteiger partial charge >= 0.3 is 0 Å². The van der Waals surface area contributed by atoms with Crippen LogP contribution in [0.4, 0.5) is 0 Å². The Morgan fingerprint density at radius 1 is 0.970 bits per heavy atom. The van der Waals surface area contributed by atoms with Gasteiger partial charge in [-0.25, -0.2) is 0 Å². The maximum absolute atomic E-state index is 10.1. The SMILES string of the molecule is C=CCc1cc(OC)c(OC(C)C(OC2CCCCC2)c2ccc(O)c(OC)c2)c(OC)c1. The van der Waals surface area contributed by atoms with Crippen LogP contribution in [0.2, 0.25) is 0 Å². The van der Waals surface area contributed by atoms with E-state index in [4.69, 9.17) is 23.7 Å². The Kier molecular flexibility index (Phi) is 8.89. The molecule has 1 saturated carbocycles. The number of benzene rings is 2. The number of phenolic OH excluding ortho intramolecular Hbond substituents is 1. The number of phenols is 1. The summed E-state index contributed by atoms with van der Waals surface area (Å²) in [6.45, 7) is 5.79. The van der Waals surface area contributed by atoms with E-state index < -0.39 is 0 Å². The number of aromatic hydroxyl groups is 1. The Morgan fingerprint density at radius 2 is 1.61 bits per heavy atom. The van der Waals surface area contributed by atoms with Crippen LogP contribution in [-0.2, 0) is 11.2 Å². The Hall–Kier alpha value is -2.86. The summed E-state index contributed by atoms with van der Waals surface area (Å²) in [5.74, 6) is 2.21. The number of ether oxygens (including phenoxy) is 5. The molecule has 6 nitrogen and oxygen atoms in total. The first-order chi connectivity index (χ1) is 16.0. The molecule has 0 aromatic heterocycles. The highest BCUT2D eigenvalue weighted by atomic mass is 16.6. The van der Waals surface area contributed by atoms with Crippen LogP contribution in [0.3, 0.4) is 0 Å². The summed E-state index contributed by atoms with van der Waals surface area (Å²) in [5.41, 5.74) is 1.90. The van der Waals surface area contributed by atoms with Crippen molar-refractivity contribution in [1.29, 1.82) is 0 Å². The molecule has 1 aliphatic carbocycles. The van der Waals surface area contributed by atoms with Gasteiger partial charge in [-0.15, -0.1) is 6.58 Å². The van der Waals surface area contributed by atoms with Gasteiger partial charge in [0.05, 0.1) is 27.4 Å². The lowest BCUT2D eigenvalue weighted by Crippen LogP contribution is -2.29. The van der Waals surface area contributed by atoms with Gasteiger partial charge in [0.15, 0.2) is 23.0 Å². The lowest BCUT2D eigenvalue weighted by atomic mass is 9.96. The zero-order valence-corrected chi connectivity index (χ0v) is 20.1. The molecule has 180 valence electrons. The normalized spacial score (nSPS) is 16.0. The Balaban J connectivity index is 1.94. The Morgan fingerprint density at radius 3 is 2.18 bits per heavy atom. The molecule has 0 spiro atoms. The summed E-state index contributed by atoms with van der Waals surface area (Å²) in [5, 5.41) is 10.1. The predicted molar refractivity (Wildman–Crippen MR) is 129 cm³/mol. The first kappa shape index (κ1) is 24.8. The topological polar surface area (TPSA) is 66.4 Å². The van der Waals surface area contributed by atoms with Crippen molar-refractivity contribution in [3.05, 3.63) is 54.1 Å². The van der Waals surface area contributed by atoms with Crippen molar-refractivity contribution in [3.8, 4) is 28.7 Å². The summed E-state index contributed by atoms with van der Waals surface area (Å²) in [6.07, 6.45) is 7.59. The highest BCUT2D eigenvalue weighted by Gasteiger charge is 2.29. The average molecular weight is 457 g/mol. The first-order valence-electron chi connectivity index (χ1n) is 11.6. The molecule has 3 rings (SSSR count). The number of hydrogen-bond donors (Lipinski definition) is 1. The lowest BCUT2D eigenvalue weighted by Gasteiger charge is -2.32. The fourth-order valence-corrected chi connectivity index (χ4v) is 4.32. The molecule has 1 fully saturated rings. The predicted octanol–water partition coefficient (Wildman–Crippen LogP) is 6.00. The van der Waals surface area contributed by atoms with Crippen molar-refractivity contribution in [1.82, 2.24) is 0 Å². The molecule has 6 heteroatoms. The summed E-state index contributed by atoms with van der Waals surface area (Å²) in [7, 11) is 4.77. The van der Waals surface area contributed by atoms with Crippen molar-refractivity contribution in [2.75, 3.05) is 21.3 Å². The minimum absolute atomic E-state index is 0.0902. The number of hydrogen-bond acceptors (Lipinski definition) is 6. The van der Waals surface area contributed by atoms with Gasteiger partial charge in [-0.05, 0) is 61.6 Å². The van der Waals surface area contributed by atoms with E-state index in [1.165, 1.54) is 13.5 Å². The molecule has 33 heavy (non-hydrogen) atoms. The molecule has 0 heterocycles. The van der Waals surface area contributed by atoms with Gasteiger partial charge in [-0.3, -0.25) is 0 Å². The summed E-state index contributed by atoms with van der Waals surface area (Å²) in [4.78, 5) is 0. The van der Waals surface area contributed by atoms with Gasteiger partial charge in [0.1, 0.15) is 12.2 Å². The van der Waals surface area contributed by atoms with E-state index in [1.54, 1.807) is 20.3 Å². The van der Waals surface area contributed by atoms with Crippen molar-refractivity contribution in [2.24, 2.45) is 0 Å². The van der Waals surface area contributed by atoms with Crippen LogP contribution < -0.4 is 18.9 Å². The maximum atomic E-state index is 10.1. The number of allylic oxidation sites excluding steroid dienone is 1. The minimum Gasteiger partial charge on any atom is -0.504 e. The maximum Gasteiger partial charge on any atom is 0.203 e. The molecular formula is C27H36O6. The van der Waals surface area contributed by atoms with E-state index in [2.05, 4.69) is 6.58 Å². The molecule has 2 aromatic carbocycles. The first-order valence-corrected chi connectivity index (χ1v) is 11.6. The van der Waals surface area contributed by atoms with Crippen LogP contribution in [0.1, 0.15) is 56.3 Å². The van der Waals surface area contributed by atoms with E-state index >= 15 is 0 Å². The van der Waals surface area contributed by atoms with E-state index in [0.29, 0.717) is 29.4 Å². The van der Waals surface area contributed by atoms with Gasteiger partial charge in [0.25, 0.3) is 0 Å². The molecule has 0 radical (unpaired) electrons. The zero-order chi connectivity index (χ0) is 23.8. The second kappa shape index (κ2) is 11.8. The zero-order valence-electron chi connectivity index (χ0n) is 20.1. The molecule has 0 amide bonds. The van der Waals surface area contributed by atoms with E-state index in [1.807, 2.05) is 37.3 Å². The molecule has 2 aromatic rings. The van der Waals surface area contributed by atoms with E-state index in [-0.39, 0.29) is 24.1 Å². The smallest absolute Gasteiger partial charge is 0.203 e. The largest absolute Gasteiger partial charge is 0.504 e. The van der Waals surface area contributed by atoms with Crippen LogP contribution in [0, 0.1) is 0 Å². The van der Waals surface area contributed by atoms with Crippen molar-refractivity contribution >= 4 is 0 Å². The lowest BCUT2D eigenvalue weighted by molar-refractivity contribution is -0.0777. The van der Waals surface area contributed by atoms with Gasteiger partial charge in [-0.1, -0.05) is 31.4 Å². The second-order valence-electron chi connectivity index (χ2n) is 8.39. The molecule has 1 N–H and O–H groups in total. The highest BCUT2D eigenvalue weighted by Crippen LogP contribution is 2.42. The van der Waals surface area contributed by atoms with Gasteiger partial charge in [0, 0.05) is 0 Å². The molecule has 2 atom stereocenters. The van der Waals surface area contributed by atoms with Gasteiger partial charge in [-0.2, -0.15) is 0 Å². The van der Waals surface area contributed by atoms with Gasteiger partial charge in [0.2, 0.25) is 5.75 Å². The van der Waals surface area contributed by atoms with Crippen molar-refractivity contribution in [2.45, 2.75) is 63.8 Å². The third-order valence-electron chi connectivity index (χ3n) is 6.05. The fourth-order valence-electron chi connectivity index (χ4n) is 4.32. The molecule has 0 saturated heterocycles. The van der Waals surface area contributed by atoms with Crippen molar-refractivity contribution in [3.63, 3.8) is 0 Å². The van der Waals surface area contributed by atoms with Crippen LogP contribution in [-0.4, -0.2) is 38.6 Å². The quantitative estimate of drug-likeness (QED) is 0.418. The summed E-state index contributed by atoms with van der Waals surface area (Å²) < 4.78 is 29.7. The molecular weight excluding hydrogens is 420 g/mol.